The molecule has 1 aliphatic rings. The summed E-state index contributed by atoms with van der Waals surface area (Å²) in [5, 5.41) is 0. The minimum Gasteiger partial charge on any atom is -0.457 e. The molecule has 0 atom stereocenters. The molecule has 0 bridgehead atoms. The van der Waals surface area contributed by atoms with Crippen LogP contribution in [0.1, 0.15) is 41.5 Å². The van der Waals surface area contributed by atoms with Gasteiger partial charge in [0.05, 0.1) is 0 Å². The molecule has 3 rings (SSSR count). The van der Waals surface area contributed by atoms with Gasteiger partial charge in [0.25, 0.3) is 0 Å². The average molecular weight is 571 g/mol. The zero-order valence-electron chi connectivity index (χ0n) is 19.5. The largest absolute Gasteiger partial charge is 0.511 e. The van der Waals surface area contributed by atoms with Crippen LogP contribution >= 0.6 is 0 Å². The molecule has 1 aliphatic heterocycles. The molecule has 33 heavy (non-hydrogen) atoms. The van der Waals surface area contributed by atoms with Crippen LogP contribution < -0.4 is 30.7 Å². The first-order valence-electron chi connectivity index (χ1n) is 10.3. The van der Waals surface area contributed by atoms with Gasteiger partial charge in [0.2, 0.25) is 20.7 Å². The second-order valence-electron chi connectivity index (χ2n) is 9.12. The van der Waals surface area contributed by atoms with Gasteiger partial charge in [0.15, 0.2) is 0 Å². The maximum absolute atomic E-state index is 11.7. The number of benzene rings is 2. The van der Waals surface area contributed by atoms with Crippen LogP contribution in [0.4, 0.5) is 9.59 Å². The molecule has 1 heterocycles. The Morgan fingerprint density at radius 2 is 1.09 bits per heavy atom. The lowest BCUT2D eigenvalue weighted by Crippen LogP contribution is -3.61. The highest BCUT2D eigenvalue weighted by Gasteiger charge is 2.34. The zero-order chi connectivity index (χ0) is 24.2. The quantitative estimate of drug-likeness (QED) is 0.253. The van der Waals surface area contributed by atoms with E-state index in [0.29, 0.717) is 11.5 Å². The lowest BCUT2D eigenvalue weighted by molar-refractivity contribution is -0.589. The highest BCUT2D eigenvalue weighted by molar-refractivity contribution is 5.68. The Kier molecular flexibility index (Phi) is 7.61. The monoisotopic (exact) mass is 571 g/mol. The third-order valence-electron chi connectivity index (χ3n) is 3.95. The molecule has 0 amide bonds. The number of fused-ring (bicyclic) bond motifs is 3. The molecule has 0 saturated carbocycles. The summed E-state index contributed by atoms with van der Waals surface area (Å²) in [4.78, 5) is 23.3. The van der Waals surface area contributed by atoms with Crippen LogP contribution in [0.5, 0.6) is 11.5 Å². The molecular formula is C24H28IO8+. The average Bonchev–Trinajstić information content (AvgIpc) is 3.02. The van der Waals surface area contributed by atoms with Crippen molar-refractivity contribution in [2.75, 3.05) is 13.6 Å². The molecule has 8 nitrogen and oxygen atoms in total. The normalized spacial score (nSPS) is 12.3. The fraction of sp³-hybridized carbons (Fsp3) is 0.417. The standard InChI is InChI=1S/C24H28IO8/c1-23(2,3)32-21(26)30-13-28-15-7-9-19-17(11-15)18-12-16(8-10-20(18)25-19)29-14-31-22(27)33-24(4,5)6/h7-12H,13-14H2,1-6H3/q+1. The van der Waals surface area contributed by atoms with Gasteiger partial charge in [-0.25, -0.2) is 9.59 Å². The Hall–Kier alpha value is -2.69. The van der Waals surface area contributed by atoms with Crippen LogP contribution in [0.3, 0.4) is 0 Å². The summed E-state index contributed by atoms with van der Waals surface area (Å²) in [6.45, 7) is 10.1. The number of hydrogen-bond donors (Lipinski definition) is 0. The van der Waals surface area contributed by atoms with E-state index in [1.807, 2.05) is 36.4 Å². The number of hydrogen-bond acceptors (Lipinski definition) is 8. The van der Waals surface area contributed by atoms with E-state index in [9.17, 15) is 9.59 Å². The third-order valence-corrected chi connectivity index (χ3v) is 7.00. The number of carbonyl (C=O) groups excluding carboxylic acids is 2. The number of ether oxygens (including phenoxy) is 6. The van der Waals surface area contributed by atoms with Crippen molar-refractivity contribution in [2.45, 2.75) is 52.7 Å². The van der Waals surface area contributed by atoms with Gasteiger partial charge in [-0.1, -0.05) is 0 Å². The van der Waals surface area contributed by atoms with E-state index in [0.717, 1.165) is 11.1 Å². The number of carbonyl (C=O) groups is 2. The van der Waals surface area contributed by atoms with Gasteiger partial charge in [0, 0.05) is 11.1 Å². The van der Waals surface area contributed by atoms with E-state index in [4.69, 9.17) is 28.4 Å². The first-order valence-corrected chi connectivity index (χ1v) is 12.5. The van der Waals surface area contributed by atoms with Crippen LogP contribution in [0.2, 0.25) is 0 Å². The molecule has 0 saturated heterocycles. The lowest BCUT2D eigenvalue weighted by Gasteiger charge is -2.18. The highest BCUT2D eigenvalue weighted by Crippen LogP contribution is 2.29. The first kappa shape index (κ1) is 24.9. The Balaban J connectivity index is 1.59. The minimum absolute atomic E-state index is 0.249. The van der Waals surface area contributed by atoms with Gasteiger partial charge in [-0.05, 0) is 77.9 Å². The van der Waals surface area contributed by atoms with Crippen molar-refractivity contribution < 1.29 is 59.2 Å². The summed E-state index contributed by atoms with van der Waals surface area (Å²) >= 11 is -0.325. The maximum atomic E-state index is 11.7. The van der Waals surface area contributed by atoms with Crippen molar-refractivity contribution in [1.29, 1.82) is 0 Å². The predicted octanol–water partition coefficient (Wildman–Crippen LogP) is 2.37. The van der Waals surface area contributed by atoms with Crippen molar-refractivity contribution in [2.24, 2.45) is 0 Å². The summed E-state index contributed by atoms with van der Waals surface area (Å²) in [5.74, 6) is 1.16. The van der Waals surface area contributed by atoms with E-state index < -0.39 is 23.5 Å². The van der Waals surface area contributed by atoms with Gasteiger partial charge >= 0.3 is 33.5 Å². The highest BCUT2D eigenvalue weighted by atomic mass is 127. The molecule has 0 unspecified atom stereocenters. The van der Waals surface area contributed by atoms with E-state index in [1.54, 1.807) is 41.5 Å². The maximum Gasteiger partial charge on any atom is 0.511 e. The second-order valence-corrected chi connectivity index (χ2v) is 12.0. The van der Waals surface area contributed by atoms with Crippen LogP contribution in [0.25, 0.3) is 11.1 Å². The topological polar surface area (TPSA) is 89.5 Å². The molecule has 2 aromatic rings. The van der Waals surface area contributed by atoms with Gasteiger partial charge in [-0.2, -0.15) is 0 Å². The molecule has 0 spiro atoms. The first-order chi connectivity index (χ1) is 15.4. The van der Waals surface area contributed by atoms with Gasteiger partial charge in [-0.15, -0.1) is 0 Å². The summed E-state index contributed by atoms with van der Waals surface area (Å²) in [5.41, 5.74) is 0.836. The summed E-state index contributed by atoms with van der Waals surface area (Å²) in [6.07, 6.45) is -1.56. The van der Waals surface area contributed by atoms with Gasteiger partial charge in [-0.3, -0.25) is 0 Å². The molecule has 0 aliphatic carbocycles. The fourth-order valence-electron chi connectivity index (χ4n) is 2.73. The Bertz CT molecular complexity index is 939. The van der Waals surface area contributed by atoms with Crippen molar-refractivity contribution in [3.63, 3.8) is 0 Å². The van der Waals surface area contributed by atoms with Crippen molar-refractivity contribution in [3.8, 4) is 22.6 Å². The molecule has 9 heteroatoms. The predicted molar refractivity (Wildman–Crippen MR) is 115 cm³/mol. The van der Waals surface area contributed by atoms with Crippen LogP contribution in [0, 0.1) is 7.14 Å². The van der Waals surface area contributed by atoms with Crippen molar-refractivity contribution in [3.05, 3.63) is 43.5 Å². The molecule has 2 aromatic carbocycles. The molecule has 0 N–H and O–H groups in total. The molecular weight excluding hydrogens is 543 g/mol. The third kappa shape index (κ3) is 7.69. The van der Waals surface area contributed by atoms with Gasteiger partial charge in [0.1, 0.15) is 22.7 Å². The fourth-order valence-corrected chi connectivity index (χ4v) is 5.54. The summed E-state index contributed by atoms with van der Waals surface area (Å²) < 4.78 is 33.8. The van der Waals surface area contributed by atoms with Gasteiger partial charge < -0.3 is 28.4 Å². The second kappa shape index (κ2) is 10.1. The number of rotatable bonds is 6. The Morgan fingerprint density at radius 1 is 0.697 bits per heavy atom. The SMILES string of the molecule is CC(C)(C)OC(=O)OCOc1ccc2c(c1)-c1cc(OCOC(=O)OC(C)(C)C)ccc1[I+]2. The van der Waals surface area contributed by atoms with E-state index in [2.05, 4.69) is 0 Å². The Morgan fingerprint density at radius 3 is 1.45 bits per heavy atom. The Labute approximate surface area is 203 Å². The zero-order valence-corrected chi connectivity index (χ0v) is 21.7. The summed E-state index contributed by atoms with van der Waals surface area (Å²) in [7, 11) is 0. The van der Waals surface area contributed by atoms with Crippen molar-refractivity contribution in [1.82, 2.24) is 0 Å². The number of halogens is 1. The van der Waals surface area contributed by atoms with Crippen molar-refractivity contribution >= 4 is 12.3 Å². The smallest absolute Gasteiger partial charge is 0.457 e. The molecule has 0 aromatic heterocycles. The lowest BCUT2D eigenvalue weighted by atomic mass is 10.1. The van der Waals surface area contributed by atoms with E-state index in [1.165, 1.54) is 7.14 Å². The summed E-state index contributed by atoms with van der Waals surface area (Å²) in [6, 6.07) is 11.6. The van der Waals surface area contributed by atoms with E-state index >= 15 is 0 Å². The molecule has 0 radical (unpaired) electrons. The molecule has 0 fully saturated rings. The van der Waals surface area contributed by atoms with E-state index in [-0.39, 0.29) is 34.8 Å². The molecule has 178 valence electrons. The minimum atomic E-state index is -0.782. The van der Waals surface area contributed by atoms with Crippen LogP contribution in [-0.2, 0) is 18.9 Å². The van der Waals surface area contributed by atoms with Crippen LogP contribution in [0.15, 0.2) is 36.4 Å². The van der Waals surface area contributed by atoms with Crippen LogP contribution in [-0.4, -0.2) is 37.1 Å².